The minimum absolute atomic E-state index is 0.107. The Labute approximate surface area is 93.7 Å². The summed E-state index contributed by atoms with van der Waals surface area (Å²) in [5.41, 5.74) is 6.81. The SMILES string of the molecule is Nc1ccc(N(OCCO)OCCO)cc1. The second-order valence-corrected chi connectivity index (χ2v) is 2.96. The van der Waals surface area contributed by atoms with Gasteiger partial charge in [-0.25, -0.2) is 9.68 Å². The molecule has 0 saturated carbocycles. The van der Waals surface area contributed by atoms with Crippen LogP contribution >= 0.6 is 0 Å². The molecule has 0 aromatic heterocycles. The molecule has 1 aromatic rings. The lowest BCUT2D eigenvalue weighted by Crippen LogP contribution is -2.27. The average molecular weight is 228 g/mol. The zero-order chi connectivity index (χ0) is 11.8. The highest BCUT2D eigenvalue weighted by Crippen LogP contribution is 2.16. The Morgan fingerprint density at radius 1 is 1.00 bits per heavy atom. The number of nitrogen functional groups attached to an aromatic ring is 1. The van der Waals surface area contributed by atoms with Crippen molar-refractivity contribution in [3.05, 3.63) is 24.3 Å². The van der Waals surface area contributed by atoms with Gasteiger partial charge in [-0.2, -0.15) is 0 Å². The van der Waals surface area contributed by atoms with E-state index in [-0.39, 0.29) is 26.4 Å². The second kappa shape index (κ2) is 7.02. The van der Waals surface area contributed by atoms with E-state index in [2.05, 4.69) is 0 Å². The molecule has 0 aliphatic carbocycles. The van der Waals surface area contributed by atoms with Gasteiger partial charge in [-0.15, -0.1) is 5.23 Å². The number of benzene rings is 1. The number of anilines is 2. The normalized spacial score (nSPS) is 10.4. The monoisotopic (exact) mass is 228 g/mol. The maximum Gasteiger partial charge on any atom is 0.101 e. The summed E-state index contributed by atoms with van der Waals surface area (Å²) in [6.45, 7) is -0.0203. The van der Waals surface area contributed by atoms with Gasteiger partial charge in [0, 0.05) is 5.69 Å². The third kappa shape index (κ3) is 4.03. The van der Waals surface area contributed by atoms with Gasteiger partial charge in [-0.3, -0.25) is 0 Å². The minimum Gasteiger partial charge on any atom is -0.399 e. The molecular formula is C10H16N2O4. The number of aliphatic hydroxyl groups excluding tert-OH is 2. The van der Waals surface area contributed by atoms with E-state index in [4.69, 9.17) is 25.6 Å². The number of nitrogens with zero attached hydrogens (tertiary/aromatic N) is 1. The number of rotatable bonds is 7. The van der Waals surface area contributed by atoms with E-state index in [9.17, 15) is 0 Å². The van der Waals surface area contributed by atoms with E-state index >= 15 is 0 Å². The van der Waals surface area contributed by atoms with E-state index in [1.807, 2.05) is 0 Å². The molecule has 0 aliphatic heterocycles. The Hall–Kier alpha value is -1.34. The molecule has 16 heavy (non-hydrogen) atoms. The summed E-state index contributed by atoms with van der Waals surface area (Å²) in [4.78, 5) is 10.3. The maximum atomic E-state index is 8.65. The third-order valence-corrected chi connectivity index (χ3v) is 1.70. The van der Waals surface area contributed by atoms with Gasteiger partial charge >= 0.3 is 0 Å². The number of aliphatic hydroxyl groups is 2. The van der Waals surface area contributed by atoms with Gasteiger partial charge in [0.1, 0.15) is 13.2 Å². The molecule has 6 heteroatoms. The van der Waals surface area contributed by atoms with E-state index < -0.39 is 0 Å². The average Bonchev–Trinajstić information content (AvgIpc) is 2.31. The third-order valence-electron chi connectivity index (χ3n) is 1.70. The van der Waals surface area contributed by atoms with Crippen LogP contribution in [0.4, 0.5) is 11.4 Å². The van der Waals surface area contributed by atoms with Crippen molar-refractivity contribution in [1.82, 2.24) is 0 Å². The molecule has 0 fully saturated rings. The van der Waals surface area contributed by atoms with Gasteiger partial charge in [0.2, 0.25) is 0 Å². The van der Waals surface area contributed by atoms with Gasteiger partial charge in [0.25, 0.3) is 0 Å². The highest BCUT2D eigenvalue weighted by atomic mass is 16.9. The molecule has 0 atom stereocenters. The summed E-state index contributed by atoms with van der Waals surface area (Å²) in [5.74, 6) is 0. The van der Waals surface area contributed by atoms with Crippen LogP contribution in [0, 0.1) is 0 Å². The summed E-state index contributed by atoms with van der Waals surface area (Å²) in [6, 6.07) is 6.83. The first-order valence-electron chi connectivity index (χ1n) is 4.91. The number of nitrogens with two attached hydrogens (primary N) is 1. The standard InChI is InChI=1S/C10H16N2O4/c11-9-1-3-10(4-2-9)12(15-7-5-13)16-8-6-14/h1-4,13-14H,5-8,11H2. The predicted molar refractivity (Wildman–Crippen MR) is 59.4 cm³/mol. The van der Waals surface area contributed by atoms with E-state index in [0.29, 0.717) is 11.4 Å². The van der Waals surface area contributed by atoms with Crippen molar-refractivity contribution in [2.75, 3.05) is 37.4 Å². The van der Waals surface area contributed by atoms with Crippen LogP contribution in [0.3, 0.4) is 0 Å². The molecule has 0 unspecified atom stereocenters. The van der Waals surface area contributed by atoms with Crippen LogP contribution in [0.25, 0.3) is 0 Å². The lowest BCUT2D eigenvalue weighted by Gasteiger charge is -2.21. The molecule has 0 aliphatic rings. The zero-order valence-corrected chi connectivity index (χ0v) is 8.87. The molecule has 1 rings (SSSR count). The van der Waals surface area contributed by atoms with Crippen molar-refractivity contribution in [2.24, 2.45) is 0 Å². The first-order chi connectivity index (χ1) is 7.77. The van der Waals surface area contributed by atoms with Gasteiger partial charge in [0.15, 0.2) is 0 Å². The van der Waals surface area contributed by atoms with Crippen LogP contribution in [0.1, 0.15) is 0 Å². The van der Waals surface area contributed by atoms with Crippen LogP contribution in [0.5, 0.6) is 0 Å². The molecule has 90 valence electrons. The Balaban J connectivity index is 2.62. The van der Waals surface area contributed by atoms with Gasteiger partial charge < -0.3 is 15.9 Å². The van der Waals surface area contributed by atoms with Crippen molar-refractivity contribution >= 4 is 11.4 Å². The molecule has 0 radical (unpaired) electrons. The molecule has 6 nitrogen and oxygen atoms in total. The van der Waals surface area contributed by atoms with Crippen molar-refractivity contribution < 1.29 is 19.9 Å². The Morgan fingerprint density at radius 2 is 1.50 bits per heavy atom. The summed E-state index contributed by atoms with van der Waals surface area (Å²) in [7, 11) is 0. The molecule has 0 saturated heterocycles. The maximum absolute atomic E-state index is 8.65. The Morgan fingerprint density at radius 3 is 1.94 bits per heavy atom. The van der Waals surface area contributed by atoms with Crippen LogP contribution in [0.2, 0.25) is 0 Å². The second-order valence-electron chi connectivity index (χ2n) is 2.96. The fourth-order valence-electron chi connectivity index (χ4n) is 1.03. The van der Waals surface area contributed by atoms with E-state index in [1.165, 1.54) is 0 Å². The lowest BCUT2D eigenvalue weighted by atomic mass is 10.3. The van der Waals surface area contributed by atoms with E-state index in [0.717, 1.165) is 5.23 Å². The highest BCUT2D eigenvalue weighted by Gasteiger charge is 2.07. The van der Waals surface area contributed by atoms with Crippen LogP contribution < -0.4 is 11.0 Å². The topological polar surface area (TPSA) is 88.2 Å². The number of hydrogen-bond donors (Lipinski definition) is 3. The summed E-state index contributed by atoms with van der Waals surface area (Å²) in [6.07, 6.45) is 0. The molecule has 0 spiro atoms. The van der Waals surface area contributed by atoms with E-state index in [1.54, 1.807) is 24.3 Å². The summed E-state index contributed by atoms with van der Waals surface area (Å²) < 4.78 is 0. The summed E-state index contributed by atoms with van der Waals surface area (Å²) >= 11 is 0. The molecule has 0 amide bonds. The quantitative estimate of drug-likeness (QED) is 0.447. The Kier molecular flexibility index (Phi) is 5.58. The van der Waals surface area contributed by atoms with Crippen molar-refractivity contribution in [3.8, 4) is 0 Å². The fourth-order valence-corrected chi connectivity index (χ4v) is 1.03. The van der Waals surface area contributed by atoms with Gasteiger partial charge in [0.05, 0.1) is 18.9 Å². The largest absolute Gasteiger partial charge is 0.399 e. The smallest absolute Gasteiger partial charge is 0.101 e. The molecule has 1 aromatic carbocycles. The number of hydrogen-bond acceptors (Lipinski definition) is 6. The predicted octanol–water partition coefficient (Wildman–Crippen LogP) is -0.0770. The molecular weight excluding hydrogens is 212 g/mol. The van der Waals surface area contributed by atoms with Gasteiger partial charge in [-0.1, -0.05) is 0 Å². The minimum atomic E-state index is -0.117. The molecule has 0 bridgehead atoms. The zero-order valence-electron chi connectivity index (χ0n) is 8.87. The summed E-state index contributed by atoms with van der Waals surface area (Å²) in [5, 5.41) is 18.5. The first kappa shape index (κ1) is 12.7. The van der Waals surface area contributed by atoms with Crippen LogP contribution in [-0.2, 0) is 9.68 Å². The molecule has 4 N–H and O–H groups in total. The van der Waals surface area contributed by atoms with Crippen LogP contribution in [0.15, 0.2) is 24.3 Å². The van der Waals surface area contributed by atoms with Crippen molar-refractivity contribution in [3.63, 3.8) is 0 Å². The molecule has 0 heterocycles. The first-order valence-corrected chi connectivity index (χ1v) is 4.91. The Bertz CT molecular complexity index is 283. The lowest BCUT2D eigenvalue weighted by molar-refractivity contribution is -0.103. The fraction of sp³-hybridized carbons (Fsp3) is 0.400. The van der Waals surface area contributed by atoms with Crippen molar-refractivity contribution in [2.45, 2.75) is 0 Å². The highest BCUT2D eigenvalue weighted by molar-refractivity contribution is 5.50. The van der Waals surface area contributed by atoms with Gasteiger partial charge in [-0.05, 0) is 24.3 Å². The van der Waals surface area contributed by atoms with Crippen LogP contribution in [-0.4, -0.2) is 36.6 Å². The van der Waals surface area contributed by atoms with Crippen molar-refractivity contribution in [1.29, 1.82) is 0 Å².